The summed E-state index contributed by atoms with van der Waals surface area (Å²) in [6.07, 6.45) is 3.51. The monoisotopic (exact) mass is 343 g/mol. The molecule has 1 aromatic carbocycles. The average molecular weight is 343 g/mol. The summed E-state index contributed by atoms with van der Waals surface area (Å²) in [6, 6.07) is 10.2. The quantitative estimate of drug-likeness (QED) is 0.838. The Morgan fingerprint density at radius 2 is 1.92 bits per heavy atom. The van der Waals surface area contributed by atoms with Crippen molar-refractivity contribution in [1.29, 1.82) is 0 Å². The first-order valence-electron chi connectivity index (χ1n) is 7.68. The molecule has 0 aliphatic carbocycles. The number of thiocarbonyl (C=S) groups is 1. The highest BCUT2D eigenvalue weighted by molar-refractivity contribution is 7.80. The molecule has 2 aromatic rings. The number of anilines is 1. The smallest absolute Gasteiger partial charge is 0.293 e. The molecular weight excluding hydrogens is 326 g/mol. The fourth-order valence-electron chi connectivity index (χ4n) is 2.57. The maximum absolute atomic E-state index is 12.4. The Kier molecular flexibility index (Phi) is 4.90. The second-order valence-corrected chi connectivity index (χ2v) is 5.87. The molecule has 3 rings (SSSR count). The van der Waals surface area contributed by atoms with E-state index in [0.717, 1.165) is 25.9 Å². The predicted molar refractivity (Wildman–Crippen MR) is 94.0 cm³/mol. The lowest BCUT2D eigenvalue weighted by Crippen LogP contribution is -2.34. The molecule has 6 nitrogen and oxygen atoms in total. The fourth-order valence-corrected chi connectivity index (χ4v) is 2.78. The van der Waals surface area contributed by atoms with E-state index in [1.807, 2.05) is 4.90 Å². The Labute approximate surface area is 144 Å². The van der Waals surface area contributed by atoms with Crippen LogP contribution >= 0.6 is 12.2 Å². The van der Waals surface area contributed by atoms with Crippen LogP contribution in [0.25, 0.3) is 0 Å². The third-order valence-corrected chi connectivity index (χ3v) is 3.94. The van der Waals surface area contributed by atoms with Gasteiger partial charge >= 0.3 is 0 Å². The van der Waals surface area contributed by atoms with Crippen molar-refractivity contribution in [3.63, 3.8) is 0 Å². The van der Waals surface area contributed by atoms with Gasteiger partial charge in [0.1, 0.15) is 0 Å². The summed E-state index contributed by atoms with van der Waals surface area (Å²) < 4.78 is 5.00. The van der Waals surface area contributed by atoms with Gasteiger partial charge in [0.2, 0.25) is 0 Å². The number of likely N-dealkylation sites (tertiary alicyclic amines) is 1. The molecule has 0 radical (unpaired) electrons. The average Bonchev–Trinajstić information content (AvgIpc) is 3.27. The number of hydrogen-bond acceptors (Lipinski definition) is 4. The van der Waals surface area contributed by atoms with Crippen LogP contribution in [0.5, 0.6) is 0 Å². The zero-order valence-corrected chi connectivity index (χ0v) is 13.8. The van der Waals surface area contributed by atoms with Gasteiger partial charge in [0.25, 0.3) is 11.8 Å². The lowest BCUT2D eigenvalue weighted by atomic mass is 10.2. The molecule has 0 unspecified atom stereocenters. The van der Waals surface area contributed by atoms with Crippen LogP contribution in [0.2, 0.25) is 0 Å². The zero-order valence-electron chi connectivity index (χ0n) is 13.0. The largest absolute Gasteiger partial charge is 0.459 e. The minimum atomic E-state index is -0.429. The molecule has 24 heavy (non-hydrogen) atoms. The van der Waals surface area contributed by atoms with E-state index in [-0.39, 0.29) is 16.8 Å². The second-order valence-electron chi connectivity index (χ2n) is 5.47. The summed E-state index contributed by atoms with van der Waals surface area (Å²) >= 11 is 5.12. The number of benzene rings is 1. The second kappa shape index (κ2) is 7.27. The molecule has 7 heteroatoms. The van der Waals surface area contributed by atoms with Gasteiger partial charge in [0, 0.05) is 24.3 Å². The zero-order chi connectivity index (χ0) is 16.9. The molecule has 1 saturated heterocycles. The van der Waals surface area contributed by atoms with E-state index >= 15 is 0 Å². The number of carbonyl (C=O) groups is 2. The highest BCUT2D eigenvalue weighted by Crippen LogP contribution is 2.16. The predicted octanol–water partition coefficient (Wildman–Crippen LogP) is 2.64. The summed E-state index contributed by atoms with van der Waals surface area (Å²) in [7, 11) is 0. The highest BCUT2D eigenvalue weighted by atomic mass is 32.1. The minimum absolute atomic E-state index is 0.0155. The van der Waals surface area contributed by atoms with Gasteiger partial charge < -0.3 is 14.6 Å². The third kappa shape index (κ3) is 3.80. The standard InChI is InChI=1S/C17H17N3O3S/c21-15(14-7-4-10-23-14)19-17(24)18-13-6-3-5-12(11-13)16(22)20-8-1-2-9-20/h3-7,10-11H,1-2,8-9H2,(H2,18,19,21,24). The molecule has 1 aliphatic rings. The summed E-state index contributed by atoms with van der Waals surface area (Å²) in [5, 5.41) is 5.58. The van der Waals surface area contributed by atoms with Gasteiger partial charge in [-0.15, -0.1) is 0 Å². The van der Waals surface area contributed by atoms with Crippen molar-refractivity contribution in [2.75, 3.05) is 18.4 Å². The van der Waals surface area contributed by atoms with E-state index in [0.29, 0.717) is 11.3 Å². The van der Waals surface area contributed by atoms with Crippen LogP contribution in [0.4, 0.5) is 5.69 Å². The summed E-state index contributed by atoms with van der Waals surface area (Å²) in [4.78, 5) is 26.1. The van der Waals surface area contributed by atoms with Crippen molar-refractivity contribution in [2.24, 2.45) is 0 Å². The lowest BCUT2D eigenvalue weighted by Gasteiger charge is -2.16. The number of furan rings is 1. The van der Waals surface area contributed by atoms with Gasteiger partial charge in [-0.1, -0.05) is 6.07 Å². The van der Waals surface area contributed by atoms with Crippen LogP contribution in [0.1, 0.15) is 33.8 Å². The molecule has 1 aromatic heterocycles. The van der Waals surface area contributed by atoms with Crippen molar-refractivity contribution in [3.05, 3.63) is 54.0 Å². The van der Waals surface area contributed by atoms with Gasteiger partial charge in [0.15, 0.2) is 10.9 Å². The summed E-state index contributed by atoms with van der Waals surface area (Å²) in [5.41, 5.74) is 1.24. The van der Waals surface area contributed by atoms with Crippen molar-refractivity contribution >= 4 is 34.8 Å². The fraction of sp³-hybridized carbons (Fsp3) is 0.235. The summed E-state index contributed by atoms with van der Waals surface area (Å²) in [6.45, 7) is 1.60. The molecule has 2 N–H and O–H groups in total. The molecule has 124 valence electrons. The molecule has 0 bridgehead atoms. The van der Waals surface area contributed by atoms with E-state index in [4.69, 9.17) is 16.6 Å². The Bertz CT molecular complexity index is 752. The Morgan fingerprint density at radius 1 is 1.12 bits per heavy atom. The number of nitrogens with one attached hydrogen (secondary N) is 2. The number of amides is 2. The van der Waals surface area contributed by atoms with Crippen LogP contribution in [0.3, 0.4) is 0 Å². The van der Waals surface area contributed by atoms with Crippen LogP contribution in [-0.2, 0) is 0 Å². The Hall–Kier alpha value is -2.67. The molecular formula is C17H17N3O3S. The van der Waals surface area contributed by atoms with Gasteiger partial charge in [0.05, 0.1) is 6.26 Å². The van der Waals surface area contributed by atoms with E-state index in [9.17, 15) is 9.59 Å². The molecule has 0 saturated carbocycles. The first kappa shape index (κ1) is 16.2. The molecule has 0 atom stereocenters. The van der Waals surface area contributed by atoms with E-state index in [1.54, 1.807) is 36.4 Å². The first-order chi connectivity index (χ1) is 11.6. The lowest BCUT2D eigenvalue weighted by molar-refractivity contribution is 0.0792. The Balaban J connectivity index is 1.62. The third-order valence-electron chi connectivity index (χ3n) is 3.73. The van der Waals surface area contributed by atoms with Crippen molar-refractivity contribution in [3.8, 4) is 0 Å². The van der Waals surface area contributed by atoms with Crippen LogP contribution < -0.4 is 10.6 Å². The molecule has 0 spiro atoms. The summed E-state index contributed by atoms with van der Waals surface area (Å²) in [5.74, 6) is -0.236. The Morgan fingerprint density at radius 3 is 2.62 bits per heavy atom. The van der Waals surface area contributed by atoms with Crippen molar-refractivity contribution < 1.29 is 14.0 Å². The van der Waals surface area contributed by atoms with E-state index in [1.165, 1.54) is 6.26 Å². The van der Waals surface area contributed by atoms with Gasteiger partial charge in [-0.2, -0.15) is 0 Å². The molecule has 2 amide bonds. The van der Waals surface area contributed by atoms with Gasteiger partial charge in [-0.3, -0.25) is 14.9 Å². The molecule has 1 fully saturated rings. The first-order valence-corrected chi connectivity index (χ1v) is 8.09. The maximum atomic E-state index is 12.4. The topological polar surface area (TPSA) is 74.6 Å². The van der Waals surface area contributed by atoms with Crippen molar-refractivity contribution in [1.82, 2.24) is 10.2 Å². The number of nitrogens with zero attached hydrogens (tertiary/aromatic N) is 1. The molecule has 1 aliphatic heterocycles. The number of rotatable bonds is 3. The van der Waals surface area contributed by atoms with Gasteiger partial charge in [-0.25, -0.2) is 0 Å². The normalized spacial score (nSPS) is 13.6. The molecule has 2 heterocycles. The van der Waals surface area contributed by atoms with Crippen LogP contribution in [0.15, 0.2) is 47.1 Å². The maximum Gasteiger partial charge on any atom is 0.293 e. The van der Waals surface area contributed by atoms with E-state index in [2.05, 4.69) is 10.6 Å². The van der Waals surface area contributed by atoms with Crippen molar-refractivity contribution in [2.45, 2.75) is 12.8 Å². The van der Waals surface area contributed by atoms with E-state index < -0.39 is 5.91 Å². The van der Waals surface area contributed by atoms with Crippen LogP contribution in [0, 0.1) is 0 Å². The minimum Gasteiger partial charge on any atom is -0.459 e. The SMILES string of the molecule is O=C(NC(=S)Nc1cccc(C(=O)N2CCCC2)c1)c1ccco1. The number of hydrogen-bond donors (Lipinski definition) is 2. The van der Waals surface area contributed by atoms with Crippen LogP contribution in [-0.4, -0.2) is 34.9 Å². The highest BCUT2D eigenvalue weighted by Gasteiger charge is 2.19. The number of carbonyl (C=O) groups excluding carboxylic acids is 2. The van der Waals surface area contributed by atoms with Gasteiger partial charge in [-0.05, 0) is 55.4 Å².